The maximum atomic E-state index is 10.2. The third-order valence-corrected chi connectivity index (χ3v) is 2.29. The van der Waals surface area contributed by atoms with Crippen LogP contribution >= 0.6 is 0 Å². The van der Waals surface area contributed by atoms with Crippen molar-refractivity contribution >= 4 is 12.6 Å². The minimum atomic E-state index is 0.227. The van der Waals surface area contributed by atoms with Crippen LogP contribution in [0, 0.1) is 6.92 Å². The number of carbonyl (C=O) groups is 2. The molecule has 92 valence electrons. The molecule has 0 aromatic heterocycles. The minimum absolute atomic E-state index is 0.227. The summed E-state index contributed by atoms with van der Waals surface area (Å²) in [7, 11) is 0. The van der Waals surface area contributed by atoms with Crippen molar-refractivity contribution in [2.75, 3.05) is 0 Å². The lowest BCUT2D eigenvalue weighted by Gasteiger charge is -1.96. The molecule has 2 aromatic rings. The van der Waals surface area contributed by atoms with Crippen molar-refractivity contribution in [3.05, 3.63) is 65.2 Å². The molecule has 0 atom stereocenters. The molecule has 2 aromatic carbocycles. The van der Waals surface area contributed by atoms with Crippen LogP contribution in [0.5, 0.6) is 5.75 Å². The molecule has 18 heavy (non-hydrogen) atoms. The molecule has 0 spiro atoms. The van der Waals surface area contributed by atoms with E-state index in [0.717, 1.165) is 23.7 Å². The predicted octanol–water partition coefficient (Wildman–Crippen LogP) is 3.01. The second kappa shape index (κ2) is 7.01. The van der Waals surface area contributed by atoms with Gasteiger partial charge in [0.15, 0.2) is 0 Å². The second-order valence-corrected chi connectivity index (χ2v) is 3.69. The van der Waals surface area contributed by atoms with E-state index in [1.54, 1.807) is 31.2 Å². The smallest absolute Gasteiger partial charge is 0.150 e. The van der Waals surface area contributed by atoms with E-state index in [1.165, 1.54) is 6.07 Å². The van der Waals surface area contributed by atoms with Crippen molar-refractivity contribution in [2.24, 2.45) is 0 Å². The van der Waals surface area contributed by atoms with Crippen molar-refractivity contribution in [2.45, 2.75) is 6.92 Å². The van der Waals surface area contributed by atoms with Gasteiger partial charge >= 0.3 is 0 Å². The number of aryl methyl sites for hydroxylation is 1. The van der Waals surface area contributed by atoms with E-state index >= 15 is 0 Å². The zero-order valence-electron chi connectivity index (χ0n) is 10.0. The first-order valence-corrected chi connectivity index (χ1v) is 5.42. The first-order valence-electron chi connectivity index (χ1n) is 5.42. The zero-order chi connectivity index (χ0) is 13.4. The molecule has 1 N–H and O–H groups in total. The Morgan fingerprint density at radius 1 is 0.889 bits per heavy atom. The van der Waals surface area contributed by atoms with E-state index in [9.17, 15) is 9.59 Å². The Labute approximate surface area is 106 Å². The number of aromatic hydroxyl groups is 1. The Balaban J connectivity index is 0.000000184. The summed E-state index contributed by atoms with van der Waals surface area (Å²) in [6, 6.07) is 13.8. The number of benzene rings is 2. The van der Waals surface area contributed by atoms with E-state index in [4.69, 9.17) is 5.11 Å². The average molecular weight is 242 g/mol. The maximum absolute atomic E-state index is 10.2. The lowest BCUT2D eigenvalue weighted by molar-refractivity contribution is 0.111. The highest BCUT2D eigenvalue weighted by Gasteiger charge is 1.94. The van der Waals surface area contributed by atoms with Gasteiger partial charge in [0.25, 0.3) is 0 Å². The van der Waals surface area contributed by atoms with Gasteiger partial charge in [-0.2, -0.15) is 0 Å². The maximum Gasteiger partial charge on any atom is 0.150 e. The number of rotatable bonds is 2. The van der Waals surface area contributed by atoms with E-state index in [0.29, 0.717) is 5.56 Å². The van der Waals surface area contributed by atoms with Gasteiger partial charge in [-0.3, -0.25) is 9.59 Å². The lowest BCUT2D eigenvalue weighted by atomic mass is 10.1. The third kappa shape index (κ3) is 4.22. The molecular weight excluding hydrogens is 228 g/mol. The topological polar surface area (TPSA) is 54.4 Å². The minimum Gasteiger partial charge on any atom is -0.508 e. The molecule has 0 saturated carbocycles. The summed E-state index contributed by atoms with van der Waals surface area (Å²) in [5.41, 5.74) is 2.05. The summed E-state index contributed by atoms with van der Waals surface area (Å²) < 4.78 is 0. The quantitative estimate of drug-likeness (QED) is 0.823. The SMILES string of the molecule is Cc1cc(C=O)ccc1O.O=Cc1ccccc1. The molecule has 0 fully saturated rings. The normalized spacial score (nSPS) is 8.94. The van der Waals surface area contributed by atoms with Gasteiger partial charge in [-0.25, -0.2) is 0 Å². The van der Waals surface area contributed by atoms with Crippen molar-refractivity contribution in [1.29, 1.82) is 0 Å². The molecule has 0 aliphatic carbocycles. The van der Waals surface area contributed by atoms with Crippen LogP contribution in [0.15, 0.2) is 48.5 Å². The van der Waals surface area contributed by atoms with E-state index in [1.807, 2.05) is 18.2 Å². The molecule has 0 heterocycles. The van der Waals surface area contributed by atoms with Crippen molar-refractivity contribution in [1.82, 2.24) is 0 Å². The Hall–Kier alpha value is -2.42. The molecule has 0 saturated heterocycles. The molecule has 0 radical (unpaired) electrons. The van der Waals surface area contributed by atoms with Gasteiger partial charge in [0.1, 0.15) is 18.3 Å². The highest BCUT2D eigenvalue weighted by atomic mass is 16.3. The second-order valence-electron chi connectivity index (χ2n) is 3.69. The Morgan fingerprint density at radius 2 is 1.50 bits per heavy atom. The molecule has 0 unspecified atom stereocenters. The van der Waals surface area contributed by atoms with Crippen LogP contribution in [-0.4, -0.2) is 17.7 Å². The van der Waals surface area contributed by atoms with Crippen molar-refractivity contribution < 1.29 is 14.7 Å². The van der Waals surface area contributed by atoms with Gasteiger partial charge in [-0.15, -0.1) is 0 Å². The van der Waals surface area contributed by atoms with E-state index in [-0.39, 0.29) is 5.75 Å². The first kappa shape index (κ1) is 13.6. The number of phenolic OH excluding ortho intramolecular Hbond substituents is 1. The van der Waals surface area contributed by atoms with Crippen molar-refractivity contribution in [3.63, 3.8) is 0 Å². The van der Waals surface area contributed by atoms with Crippen LogP contribution in [0.1, 0.15) is 26.3 Å². The van der Waals surface area contributed by atoms with E-state index in [2.05, 4.69) is 0 Å². The van der Waals surface area contributed by atoms with Crippen LogP contribution < -0.4 is 0 Å². The molecule has 3 heteroatoms. The number of hydrogen-bond donors (Lipinski definition) is 1. The summed E-state index contributed by atoms with van der Waals surface area (Å²) in [6.07, 6.45) is 1.59. The Morgan fingerprint density at radius 3 is 1.94 bits per heavy atom. The monoisotopic (exact) mass is 242 g/mol. The van der Waals surface area contributed by atoms with Crippen LogP contribution in [-0.2, 0) is 0 Å². The average Bonchev–Trinajstić information content (AvgIpc) is 2.43. The number of hydrogen-bond acceptors (Lipinski definition) is 3. The molecule has 0 bridgehead atoms. The van der Waals surface area contributed by atoms with Crippen LogP contribution in [0.3, 0.4) is 0 Å². The highest BCUT2D eigenvalue weighted by Crippen LogP contribution is 2.15. The fourth-order valence-electron chi connectivity index (χ4n) is 1.28. The van der Waals surface area contributed by atoms with Gasteiger partial charge in [-0.05, 0) is 30.7 Å². The summed E-state index contributed by atoms with van der Waals surface area (Å²) in [4.78, 5) is 20.2. The van der Waals surface area contributed by atoms with Gasteiger partial charge in [0.05, 0.1) is 0 Å². The predicted molar refractivity (Wildman–Crippen MR) is 70.1 cm³/mol. The molecule has 2 rings (SSSR count). The summed E-state index contributed by atoms with van der Waals surface area (Å²) in [6.45, 7) is 1.75. The Bertz CT molecular complexity index is 519. The van der Waals surface area contributed by atoms with Crippen molar-refractivity contribution in [3.8, 4) is 5.75 Å². The summed E-state index contributed by atoms with van der Waals surface area (Å²) >= 11 is 0. The summed E-state index contributed by atoms with van der Waals surface area (Å²) in [5.74, 6) is 0.227. The van der Waals surface area contributed by atoms with Gasteiger partial charge in [-0.1, -0.05) is 30.3 Å². The van der Waals surface area contributed by atoms with Crippen LogP contribution in [0.4, 0.5) is 0 Å². The first-order chi connectivity index (χ1) is 8.67. The lowest BCUT2D eigenvalue weighted by Crippen LogP contribution is -1.80. The van der Waals surface area contributed by atoms with Crippen LogP contribution in [0.2, 0.25) is 0 Å². The number of phenols is 1. The third-order valence-electron chi connectivity index (χ3n) is 2.29. The zero-order valence-corrected chi connectivity index (χ0v) is 10.0. The van der Waals surface area contributed by atoms with E-state index < -0.39 is 0 Å². The van der Waals surface area contributed by atoms with Crippen LogP contribution in [0.25, 0.3) is 0 Å². The molecular formula is C15H14O3. The number of aldehydes is 2. The summed E-state index contributed by atoms with van der Waals surface area (Å²) in [5, 5.41) is 9.02. The molecule has 0 aliphatic rings. The largest absolute Gasteiger partial charge is 0.508 e. The molecule has 0 amide bonds. The standard InChI is InChI=1S/C8H8O2.C7H6O/c1-6-4-7(5-9)2-3-8(6)10;8-6-7-4-2-1-3-5-7/h2-5,10H,1H3;1-6H. The Kier molecular flexibility index (Phi) is 5.32. The molecule has 3 nitrogen and oxygen atoms in total. The van der Waals surface area contributed by atoms with Gasteiger partial charge < -0.3 is 5.11 Å². The van der Waals surface area contributed by atoms with Gasteiger partial charge in [0, 0.05) is 11.1 Å². The highest BCUT2D eigenvalue weighted by molar-refractivity contribution is 5.75. The van der Waals surface area contributed by atoms with Gasteiger partial charge in [0.2, 0.25) is 0 Å². The number of carbonyl (C=O) groups excluding carboxylic acids is 2. The molecule has 0 aliphatic heterocycles. The fourth-order valence-corrected chi connectivity index (χ4v) is 1.28. The fraction of sp³-hybridized carbons (Fsp3) is 0.0667.